The monoisotopic (exact) mass is 555 g/mol. The molecule has 1 aliphatic carbocycles. The van der Waals surface area contributed by atoms with Gasteiger partial charge in [0.2, 0.25) is 5.91 Å². The Hall–Kier alpha value is -5.18. The molecule has 3 aromatic carbocycles. The lowest BCUT2D eigenvalue weighted by Gasteiger charge is -2.23. The number of ketones is 2. The second-order valence-corrected chi connectivity index (χ2v) is 9.63. The summed E-state index contributed by atoms with van der Waals surface area (Å²) in [5.74, 6) is -2.22. The second-order valence-electron chi connectivity index (χ2n) is 9.63. The van der Waals surface area contributed by atoms with E-state index in [1.165, 1.54) is 0 Å². The second kappa shape index (κ2) is 12.8. The van der Waals surface area contributed by atoms with E-state index in [9.17, 15) is 29.4 Å². The Kier molecular flexibility index (Phi) is 8.98. The largest absolute Gasteiger partial charge is 0.507 e. The van der Waals surface area contributed by atoms with Gasteiger partial charge in [0, 0.05) is 24.1 Å². The minimum Gasteiger partial charge on any atom is -0.507 e. The van der Waals surface area contributed by atoms with Crippen LogP contribution in [0.2, 0.25) is 0 Å². The highest BCUT2D eigenvalue weighted by molar-refractivity contribution is 6.27. The number of phenolic OH excluding ortho intramolecular Hbond substituents is 2. The van der Waals surface area contributed by atoms with Gasteiger partial charge >= 0.3 is 5.97 Å². The number of amides is 1. The number of phenols is 2. The number of carbonyl (C=O) groups excluding carboxylic acids is 4. The third kappa shape index (κ3) is 7.27. The lowest BCUT2D eigenvalue weighted by molar-refractivity contribution is -0.148. The molecule has 9 heteroatoms. The van der Waals surface area contributed by atoms with Crippen molar-refractivity contribution >= 4 is 29.1 Å². The molecule has 9 nitrogen and oxygen atoms in total. The zero-order valence-corrected chi connectivity index (χ0v) is 22.5. The number of carbonyl (C=O) groups is 4. The first kappa shape index (κ1) is 28.8. The van der Waals surface area contributed by atoms with Crippen LogP contribution in [0.5, 0.6) is 23.0 Å². The molecule has 41 heavy (non-hydrogen) atoms. The molecule has 0 radical (unpaired) electrons. The maximum absolute atomic E-state index is 13.2. The molecule has 0 saturated carbocycles. The van der Waals surface area contributed by atoms with Crippen molar-refractivity contribution in [3.63, 3.8) is 0 Å². The Morgan fingerprint density at radius 1 is 0.854 bits per heavy atom. The summed E-state index contributed by atoms with van der Waals surface area (Å²) in [6.45, 7) is 3.65. The van der Waals surface area contributed by atoms with Gasteiger partial charge in [-0.2, -0.15) is 0 Å². The van der Waals surface area contributed by atoms with E-state index in [0.29, 0.717) is 17.2 Å². The van der Waals surface area contributed by atoms with Gasteiger partial charge in [-0.3, -0.25) is 19.2 Å². The third-order valence-corrected chi connectivity index (χ3v) is 6.22. The molecule has 4 rings (SSSR count). The Labute approximate surface area is 236 Å². The van der Waals surface area contributed by atoms with E-state index >= 15 is 0 Å². The maximum atomic E-state index is 13.2. The first-order valence-corrected chi connectivity index (χ1v) is 12.9. The number of nitrogens with one attached hydrogen (secondary N) is 1. The zero-order chi connectivity index (χ0) is 29.5. The van der Waals surface area contributed by atoms with Crippen LogP contribution >= 0.6 is 0 Å². The number of anilines is 1. The van der Waals surface area contributed by atoms with Gasteiger partial charge < -0.3 is 25.0 Å². The fourth-order valence-electron chi connectivity index (χ4n) is 4.19. The number of ether oxygens (including phenoxy) is 2. The summed E-state index contributed by atoms with van der Waals surface area (Å²) in [5.41, 5.74) is 0.634. The number of para-hydroxylation sites is 1. The molecule has 0 saturated heterocycles. The molecule has 210 valence electrons. The van der Waals surface area contributed by atoms with Crippen molar-refractivity contribution in [3.05, 3.63) is 101 Å². The third-order valence-electron chi connectivity index (χ3n) is 6.22. The Morgan fingerprint density at radius 2 is 1.49 bits per heavy atom. The van der Waals surface area contributed by atoms with Crippen molar-refractivity contribution in [2.75, 3.05) is 5.32 Å². The Balaban J connectivity index is 1.38. The van der Waals surface area contributed by atoms with Gasteiger partial charge in [0.25, 0.3) is 0 Å². The van der Waals surface area contributed by atoms with Gasteiger partial charge in [0.15, 0.2) is 11.6 Å². The highest BCUT2D eigenvalue weighted by Crippen LogP contribution is 2.36. The number of aromatic hydroxyl groups is 2. The predicted molar refractivity (Wildman–Crippen MR) is 151 cm³/mol. The number of benzene rings is 3. The molecule has 0 bridgehead atoms. The summed E-state index contributed by atoms with van der Waals surface area (Å²) in [6.07, 6.45) is 1.26. The van der Waals surface area contributed by atoms with E-state index in [0.717, 1.165) is 23.8 Å². The molecule has 0 spiro atoms. The minimum absolute atomic E-state index is 0.0947. The van der Waals surface area contributed by atoms with Crippen LogP contribution in [-0.2, 0) is 14.3 Å². The van der Waals surface area contributed by atoms with E-state index in [1.54, 1.807) is 30.3 Å². The van der Waals surface area contributed by atoms with E-state index in [2.05, 4.69) is 5.32 Å². The first-order valence-electron chi connectivity index (χ1n) is 12.9. The van der Waals surface area contributed by atoms with Gasteiger partial charge in [-0.05, 0) is 68.5 Å². The molecular weight excluding hydrogens is 526 g/mol. The highest BCUT2D eigenvalue weighted by atomic mass is 16.5. The summed E-state index contributed by atoms with van der Waals surface area (Å²) in [5, 5.41) is 23.0. The number of hydrogen-bond acceptors (Lipinski definition) is 8. The number of hydrogen-bond donors (Lipinski definition) is 3. The van der Waals surface area contributed by atoms with E-state index < -0.39 is 41.0 Å². The van der Waals surface area contributed by atoms with Crippen LogP contribution in [0.3, 0.4) is 0 Å². The molecule has 0 fully saturated rings. The Bertz CT molecular complexity index is 1530. The lowest BCUT2D eigenvalue weighted by Crippen LogP contribution is -2.29. The van der Waals surface area contributed by atoms with E-state index in [1.807, 2.05) is 44.2 Å². The summed E-state index contributed by atoms with van der Waals surface area (Å²) < 4.78 is 11.3. The quantitative estimate of drug-likeness (QED) is 0.160. The molecule has 1 aliphatic rings. The number of rotatable bonds is 10. The molecular formula is C32H29NO8. The van der Waals surface area contributed by atoms with Crippen LogP contribution in [0.1, 0.15) is 53.8 Å². The van der Waals surface area contributed by atoms with Crippen LogP contribution < -0.4 is 10.1 Å². The average molecular weight is 556 g/mol. The molecule has 0 aliphatic heterocycles. The topological polar surface area (TPSA) is 139 Å². The van der Waals surface area contributed by atoms with Crippen molar-refractivity contribution in [2.24, 2.45) is 0 Å². The van der Waals surface area contributed by atoms with Crippen molar-refractivity contribution in [2.45, 2.75) is 39.2 Å². The fourth-order valence-corrected chi connectivity index (χ4v) is 4.19. The van der Waals surface area contributed by atoms with Crippen LogP contribution in [0.15, 0.2) is 90.0 Å². The van der Waals surface area contributed by atoms with Crippen molar-refractivity contribution < 1.29 is 38.9 Å². The molecule has 3 aromatic rings. The molecule has 0 unspecified atom stereocenters. The van der Waals surface area contributed by atoms with E-state index in [4.69, 9.17) is 9.47 Å². The predicted octanol–water partition coefficient (Wildman–Crippen LogP) is 5.88. The number of fused-ring (bicyclic) bond motifs is 1. The van der Waals surface area contributed by atoms with E-state index in [-0.39, 0.29) is 36.0 Å². The normalized spacial score (nSPS) is 13.0. The summed E-state index contributed by atoms with van der Waals surface area (Å²) >= 11 is 0. The van der Waals surface area contributed by atoms with Crippen LogP contribution in [0.4, 0.5) is 5.69 Å². The van der Waals surface area contributed by atoms with Gasteiger partial charge in [0.1, 0.15) is 29.1 Å². The SMILES string of the molecule is CC(C)=CC[C@@H](OC(=O)CCC(=O)Nc1ccc(Oc2ccccc2)cc1)C1=CC(=O)c2c(O)ccc(O)c2C1=O. The molecule has 1 amide bonds. The first-order chi connectivity index (χ1) is 19.6. The summed E-state index contributed by atoms with van der Waals surface area (Å²) in [4.78, 5) is 51.1. The minimum atomic E-state index is -1.14. The van der Waals surface area contributed by atoms with Crippen LogP contribution in [-0.4, -0.2) is 39.8 Å². The Morgan fingerprint density at radius 3 is 2.15 bits per heavy atom. The summed E-state index contributed by atoms with van der Waals surface area (Å²) in [7, 11) is 0. The zero-order valence-electron chi connectivity index (χ0n) is 22.5. The lowest BCUT2D eigenvalue weighted by atomic mass is 9.85. The van der Waals surface area contributed by atoms with Crippen molar-refractivity contribution in [3.8, 4) is 23.0 Å². The smallest absolute Gasteiger partial charge is 0.306 e. The number of Topliss-reactive ketones (excluding diaryl/α,β-unsaturated/α-hetero) is 1. The van der Waals surface area contributed by atoms with Gasteiger partial charge in [-0.1, -0.05) is 29.8 Å². The fraction of sp³-hybridized carbons (Fsp3) is 0.188. The standard InChI is InChI=1S/C32H29NO8/c1-19(2)8-15-27(23-18-26(36)30-24(34)13-14-25(35)31(30)32(23)39)41-29(38)17-16-28(37)33-20-9-11-22(12-10-20)40-21-6-4-3-5-7-21/h3-14,18,27,34-35H,15-17H2,1-2H3,(H,33,37)/t27-/m1/s1. The number of allylic oxidation sites excluding steroid dienone is 2. The van der Waals surface area contributed by atoms with Crippen molar-refractivity contribution in [1.29, 1.82) is 0 Å². The maximum Gasteiger partial charge on any atom is 0.306 e. The molecule has 1 atom stereocenters. The molecule has 3 N–H and O–H groups in total. The summed E-state index contributed by atoms with van der Waals surface area (Å²) in [6, 6.07) is 18.2. The number of esters is 1. The molecule has 0 aromatic heterocycles. The van der Waals surface area contributed by atoms with Gasteiger partial charge in [-0.25, -0.2) is 0 Å². The van der Waals surface area contributed by atoms with Crippen LogP contribution in [0, 0.1) is 0 Å². The van der Waals surface area contributed by atoms with Crippen molar-refractivity contribution in [1.82, 2.24) is 0 Å². The van der Waals surface area contributed by atoms with Crippen LogP contribution in [0.25, 0.3) is 0 Å². The average Bonchev–Trinajstić information content (AvgIpc) is 2.94. The highest BCUT2D eigenvalue weighted by Gasteiger charge is 2.35. The van der Waals surface area contributed by atoms with Gasteiger partial charge in [-0.15, -0.1) is 0 Å². The molecule has 0 heterocycles. The van der Waals surface area contributed by atoms with Gasteiger partial charge in [0.05, 0.1) is 17.5 Å².